The van der Waals surface area contributed by atoms with E-state index in [9.17, 15) is 19.5 Å². The van der Waals surface area contributed by atoms with Crippen molar-refractivity contribution in [2.24, 2.45) is 11.8 Å². The molecule has 3 unspecified atom stereocenters. The van der Waals surface area contributed by atoms with Crippen molar-refractivity contribution in [2.75, 3.05) is 24.7 Å². The summed E-state index contributed by atoms with van der Waals surface area (Å²) in [5.74, 6) is -2.39. The molecule has 42 heavy (non-hydrogen) atoms. The van der Waals surface area contributed by atoms with Crippen LogP contribution in [-0.4, -0.2) is 68.4 Å². The average molecular weight is 650 g/mol. The maximum Gasteiger partial charge on any atom is 0.310 e. The fraction of sp³-hybridized carbons (Fsp3) is 0.364. The normalized spacial score (nSPS) is 28.5. The van der Waals surface area contributed by atoms with Crippen LogP contribution in [0, 0.1) is 11.8 Å². The molecule has 3 saturated heterocycles. The van der Waals surface area contributed by atoms with Gasteiger partial charge in [-0.2, -0.15) is 0 Å². The number of esters is 1. The third-order valence-corrected chi connectivity index (χ3v) is 12.1. The summed E-state index contributed by atoms with van der Waals surface area (Å²) in [7, 11) is 0. The standard InChI is InChI=1S/C33H33BrN2O5S/c1-3-16-35(23-15-14-20-10-8-9-13-22(20)17-23)31(39)29-33-18-24(34)28(42-33)26(32(40)41-4-2)27(33)30(38)36(29)25(19-37)21-11-6-5-7-12-21/h3,5-15,17,24-29,37H,1,4,16,18-19H2,2H3/t24?,25-,26-,27+,28-,29?,33?/m1/s1. The predicted molar refractivity (Wildman–Crippen MR) is 168 cm³/mol. The SMILES string of the molecule is C=CCN(C(=O)C1N([C@H](CO)c2ccccc2)C(=O)[C@@H]2[C@@H](C(=O)OCC)[C@@H]3SC12CC3Br)c1ccc2ccccc2c1. The number of thioether (sulfide) groups is 1. The van der Waals surface area contributed by atoms with Gasteiger partial charge in [-0.15, -0.1) is 18.3 Å². The van der Waals surface area contributed by atoms with Crippen molar-refractivity contribution in [3.8, 4) is 0 Å². The third-order valence-electron chi connectivity index (χ3n) is 8.84. The first-order valence-electron chi connectivity index (χ1n) is 14.2. The van der Waals surface area contributed by atoms with Crippen LogP contribution in [0.1, 0.15) is 24.9 Å². The topological polar surface area (TPSA) is 87.2 Å². The molecule has 6 rings (SSSR count). The molecular weight excluding hydrogens is 616 g/mol. The van der Waals surface area contributed by atoms with Crippen molar-refractivity contribution >= 4 is 61.9 Å². The predicted octanol–water partition coefficient (Wildman–Crippen LogP) is 5.12. The lowest BCUT2D eigenvalue weighted by Gasteiger charge is -2.40. The molecule has 1 N–H and O–H groups in total. The average Bonchev–Trinajstić information content (AvgIpc) is 3.60. The molecule has 3 heterocycles. The summed E-state index contributed by atoms with van der Waals surface area (Å²) in [6.07, 6.45) is 2.21. The van der Waals surface area contributed by atoms with Gasteiger partial charge in [0.05, 0.1) is 35.8 Å². The van der Waals surface area contributed by atoms with Gasteiger partial charge in [0, 0.05) is 22.3 Å². The number of carbonyl (C=O) groups excluding carboxylic acids is 3. The lowest BCUT2D eigenvalue weighted by atomic mass is 9.71. The van der Waals surface area contributed by atoms with Crippen molar-refractivity contribution in [1.29, 1.82) is 0 Å². The summed E-state index contributed by atoms with van der Waals surface area (Å²) in [5.41, 5.74) is 1.42. The summed E-state index contributed by atoms with van der Waals surface area (Å²) in [4.78, 5) is 46.1. The molecule has 1 spiro atoms. The van der Waals surface area contributed by atoms with Gasteiger partial charge in [0.2, 0.25) is 5.91 Å². The molecule has 0 aliphatic carbocycles. The molecule has 7 nitrogen and oxygen atoms in total. The Morgan fingerprint density at radius 3 is 2.57 bits per heavy atom. The Morgan fingerprint density at radius 2 is 1.88 bits per heavy atom. The number of fused-ring (bicyclic) bond motifs is 2. The number of alkyl halides is 1. The Bertz CT molecular complexity index is 1540. The summed E-state index contributed by atoms with van der Waals surface area (Å²) in [5, 5.41) is 12.6. The highest BCUT2D eigenvalue weighted by Gasteiger charge is 2.76. The highest BCUT2D eigenvalue weighted by Crippen LogP contribution is 2.68. The molecule has 2 bridgehead atoms. The third kappa shape index (κ3) is 4.48. The zero-order valence-electron chi connectivity index (χ0n) is 23.3. The van der Waals surface area contributed by atoms with Gasteiger partial charge in [0.15, 0.2) is 0 Å². The van der Waals surface area contributed by atoms with Crippen molar-refractivity contribution in [3.05, 3.63) is 91.0 Å². The number of likely N-dealkylation sites (tertiary alicyclic amines) is 1. The molecule has 218 valence electrons. The number of rotatable bonds is 9. The molecule has 0 saturated carbocycles. The van der Waals surface area contributed by atoms with Crippen LogP contribution in [0.15, 0.2) is 85.5 Å². The highest BCUT2D eigenvalue weighted by atomic mass is 79.9. The van der Waals surface area contributed by atoms with E-state index in [0.29, 0.717) is 12.1 Å². The number of anilines is 1. The number of nitrogens with zero attached hydrogens (tertiary/aromatic N) is 2. The van der Waals surface area contributed by atoms with E-state index in [-0.39, 0.29) is 41.6 Å². The van der Waals surface area contributed by atoms with Gasteiger partial charge in [-0.1, -0.05) is 82.7 Å². The fourth-order valence-corrected chi connectivity index (χ4v) is 10.7. The van der Waals surface area contributed by atoms with Gasteiger partial charge in [0.25, 0.3) is 5.91 Å². The smallest absolute Gasteiger partial charge is 0.310 e. The second-order valence-corrected chi connectivity index (χ2v) is 13.8. The van der Waals surface area contributed by atoms with Crippen LogP contribution in [-0.2, 0) is 19.1 Å². The first kappa shape index (κ1) is 29.0. The first-order valence-corrected chi connectivity index (χ1v) is 16.0. The summed E-state index contributed by atoms with van der Waals surface area (Å²) < 4.78 is 4.60. The van der Waals surface area contributed by atoms with Crippen LogP contribution < -0.4 is 4.90 Å². The number of hydrogen-bond donors (Lipinski definition) is 1. The van der Waals surface area contributed by atoms with E-state index in [1.807, 2.05) is 72.8 Å². The highest BCUT2D eigenvalue weighted by molar-refractivity contribution is 9.09. The van der Waals surface area contributed by atoms with E-state index in [1.165, 1.54) is 0 Å². The largest absolute Gasteiger partial charge is 0.466 e. The lowest BCUT2D eigenvalue weighted by molar-refractivity contribution is -0.154. The number of hydrogen-bond acceptors (Lipinski definition) is 6. The summed E-state index contributed by atoms with van der Waals surface area (Å²) in [6.45, 7) is 5.75. The number of halogens is 1. The number of aliphatic hydroxyl groups is 1. The quantitative estimate of drug-likeness (QED) is 0.197. The van der Waals surface area contributed by atoms with E-state index in [2.05, 4.69) is 22.5 Å². The summed E-state index contributed by atoms with van der Waals surface area (Å²) >= 11 is 5.35. The van der Waals surface area contributed by atoms with Crippen LogP contribution in [0.25, 0.3) is 10.8 Å². The van der Waals surface area contributed by atoms with Crippen LogP contribution >= 0.6 is 27.7 Å². The zero-order chi connectivity index (χ0) is 29.6. The minimum Gasteiger partial charge on any atom is -0.466 e. The number of carbonyl (C=O) groups is 3. The van der Waals surface area contributed by atoms with Gasteiger partial charge >= 0.3 is 5.97 Å². The molecular formula is C33H33BrN2O5S. The molecule has 3 fully saturated rings. The number of aliphatic hydroxyl groups excluding tert-OH is 1. The van der Waals surface area contributed by atoms with E-state index in [1.54, 1.807) is 34.6 Å². The van der Waals surface area contributed by atoms with Crippen molar-refractivity contribution < 1.29 is 24.2 Å². The van der Waals surface area contributed by atoms with Gasteiger partial charge in [0.1, 0.15) is 6.04 Å². The number of benzene rings is 3. The number of amides is 2. The minimum absolute atomic E-state index is 0.0750. The van der Waals surface area contributed by atoms with Crippen molar-refractivity contribution in [3.63, 3.8) is 0 Å². The van der Waals surface area contributed by atoms with Crippen molar-refractivity contribution in [2.45, 2.75) is 40.3 Å². The zero-order valence-corrected chi connectivity index (χ0v) is 25.7. The van der Waals surface area contributed by atoms with E-state index in [4.69, 9.17) is 4.74 Å². The molecule has 3 aliphatic rings. The maximum atomic E-state index is 15.0. The summed E-state index contributed by atoms with van der Waals surface area (Å²) in [6, 6.07) is 21.4. The molecule has 0 radical (unpaired) electrons. The van der Waals surface area contributed by atoms with E-state index >= 15 is 0 Å². The van der Waals surface area contributed by atoms with Gasteiger partial charge < -0.3 is 19.6 Å². The second-order valence-electron chi connectivity index (χ2n) is 11.0. The molecule has 9 heteroatoms. The lowest BCUT2D eigenvalue weighted by Crippen LogP contribution is -2.56. The monoisotopic (exact) mass is 648 g/mol. The fourth-order valence-electron chi connectivity index (χ4n) is 7.16. The molecule has 0 aromatic heterocycles. The van der Waals surface area contributed by atoms with Crippen LogP contribution in [0.4, 0.5) is 5.69 Å². The second kappa shape index (κ2) is 11.5. The van der Waals surface area contributed by atoms with Crippen molar-refractivity contribution in [1.82, 2.24) is 4.90 Å². The molecule has 3 aromatic carbocycles. The van der Waals surface area contributed by atoms with Crippen LogP contribution in [0.5, 0.6) is 0 Å². The Hall–Kier alpha value is -3.14. The minimum atomic E-state index is -0.923. The molecule has 3 aliphatic heterocycles. The van der Waals surface area contributed by atoms with Crippen LogP contribution in [0.2, 0.25) is 0 Å². The Morgan fingerprint density at radius 1 is 1.17 bits per heavy atom. The van der Waals surface area contributed by atoms with Crippen LogP contribution in [0.3, 0.4) is 0 Å². The first-order chi connectivity index (χ1) is 20.4. The molecule has 2 amide bonds. The Kier molecular flexibility index (Phi) is 7.93. The maximum absolute atomic E-state index is 15.0. The van der Waals surface area contributed by atoms with E-state index in [0.717, 1.165) is 16.3 Å². The number of ether oxygens (including phenoxy) is 1. The van der Waals surface area contributed by atoms with Gasteiger partial charge in [-0.25, -0.2) is 0 Å². The van der Waals surface area contributed by atoms with Gasteiger partial charge in [-0.05, 0) is 41.8 Å². The molecule has 3 aromatic rings. The molecule has 7 atom stereocenters. The Balaban J connectivity index is 1.50. The van der Waals surface area contributed by atoms with Gasteiger partial charge in [-0.3, -0.25) is 14.4 Å². The Labute approximate surface area is 258 Å². The van der Waals surface area contributed by atoms with E-state index < -0.39 is 34.6 Å².